The first kappa shape index (κ1) is 13.7. The topological polar surface area (TPSA) is 64.7 Å². The van der Waals surface area contributed by atoms with Gasteiger partial charge in [0.05, 0.1) is 25.0 Å². The smallest absolute Gasteiger partial charge is 0.215 e. The number of azo groups is 1. The normalized spacial score (nSPS) is 16.4. The number of ether oxygens (including phenoxy) is 1. The van der Waals surface area contributed by atoms with Crippen LogP contribution in [0.2, 0.25) is 0 Å². The first-order chi connectivity index (χ1) is 10.3. The summed E-state index contributed by atoms with van der Waals surface area (Å²) < 4.78 is 7.04. The molecule has 0 amide bonds. The van der Waals surface area contributed by atoms with Gasteiger partial charge in [0, 0.05) is 0 Å². The average molecular weight is 285 g/mol. The van der Waals surface area contributed by atoms with Gasteiger partial charge in [0.2, 0.25) is 5.82 Å². The van der Waals surface area contributed by atoms with E-state index in [9.17, 15) is 0 Å². The van der Waals surface area contributed by atoms with E-state index in [0.717, 1.165) is 11.4 Å². The molecule has 0 radical (unpaired) electrons. The van der Waals surface area contributed by atoms with Gasteiger partial charge in [-0.1, -0.05) is 24.5 Å². The van der Waals surface area contributed by atoms with Crippen molar-refractivity contribution in [1.29, 1.82) is 0 Å². The fourth-order valence-electron chi connectivity index (χ4n) is 2.60. The van der Waals surface area contributed by atoms with Gasteiger partial charge in [-0.3, -0.25) is 0 Å². The zero-order valence-corrected chi connectivity index (χ0v) is 12.1. The molecule has 6 heteroatoms. The van der Waals surface area contributed by atoms with E-state index in [4.69, 9.17) is 4.74 Å². The van der Waals surface area contributed by atoms with E-state index in [1.165, 1.54) is 32.1 Å². The lowest BCUT2D eigenvalue weighted by Gasteiger charge is -2.20. The van der Waals surface area contributed by atoms with Crippen LogP contribution in [-0.2, 0) is 0 Å². The molecule has 6 nitrogen and oxygen atoms in total. The molecular formula is C15H19N5O. The maximum atomic E-state index is 5.10. The van der Waals surface area contributed by atoms with Gasteiger partial charge >= 0.3 is 0 Å². The number of rotatable bonds is 4. The third-order valence-corrected chi connectivity index (χ3v) is 3.79. The first-order valence-corrected chi connectivity index (χ1v) is 7.33. The lowest BCUT2D eigenvalue weighted by molar-refractivity contribution is 0.324. The van der Waals surface area contributed by atoms with Crippen LogP contribution in [0.5, 0.6) is 5.75 Å². The fourth-order valence-corrected chi connectivity index (χ4v) is 2.60. The second-order valence-corrected chi connectivity index (χ2v) is 5.25. The van der Waals surface area contributed by atoms with Crippen LogP contribution in [0.15, 0.2) is 40.7 Å². The van der Waals surface area contributed by atoms with Crippen molar-refractivity contribution in [2.24, 2.45) is 10.2 Å². The van der Waals surface area contributed by atoms with E-state index < -0.39 is 0 Å². The highest BCUT2D eigenvalue weighted by atomic mass is 16.5. The molecule has 1 aliphatic rings. The first-order valence-electron chi connectivity index (χ1n) is 7.33. The van der Waals surface area contributed by atoms with Gasteiger partial charge in [-0.25, -0.2) is 4.68 Å². The van der Waals surface area contributed by atoms with Gasteiger partial charge in [0.15, 0.2) is 0 Å². The molecule has 3 rings (SSSR count). The quantitative estimate of drug-likeness (QED) is 0.790. The van der Waals surface area contributed by atoms with Crippen LogP contribution < -0.4 is 4.74 Å². The van der Waals surface area contributed by atoms with Crippen molar-refractivity contribution in [2.45, 2.75) is 38.1 Å². The second kappa shape index (κ2) is 6.47. The van der Waals surface area contributed by atoms with Crippen molar-refractivity contribution in [3.05, 3.63) is 30.5 Å². The number of hydrogen-bond donors (Lipinski definition) is 0. The second-order valence-electron chi connectivity index (χ2n) is 5.25. The minimum atomic E-state index is 0.469. The monoisotopic (exact) mass is 285 g/mol. The Hall–Kier alpha value is -2.24. The predicted molar refractivity (Wildman–Crippen MR) is 79.3 cm³/mol. The third-order valence-electron chi connectivity index (χ3n) is 3.79. The molecule has 1 aromatic heterocycles. The molecule has 0 aliphatic heterocycles. The van der Waals surface area contributed by atoms with Crippen molar-refractivity contribution in [3.63, 3.8) is 0 Å². The van der Waals surface area contributed by atoms with Crippen LogP contribution in [0.3, 0.4) is 0 Å². The van der Waals surface area contributed by atoms with Crippen LogP contribution >= 0.6 is 0 Å². The summed E-state index contributed by atoms with van der Waals surface area (Å²) in [7, 11) is 1.64. The third kappa shape index (κ3) is 3.45. The summed E-state index contributed by atoms with van der Waals surface area (Å²) in [6, 6.07) is 7.89. The molecule has 1 aliphatic carbocycles. The summed E-state index contributed by atoms with van der Waals surface area (Å²) in [6.45, 7) is 0. The number of aromatic nitrogens is 3. The molecule has 0 unspecified atom stereocenters. The van der Waals surface area contributed by atoms with E-state index in [-0.39, 0.29) is 0 Å². The molecule has 0 saturated heterocycles. The Morgan fingerprint density at radius 2 is 1.86 bits per heavy atom. The number of nitrogens with zero attached hydrogens (tertiary/aromatic N) is 5. The molecule has 1 heterocycles. The zero-order chi connectivity index (χ0) is 14.5. The highest BCUT2D eigenvalue weighted by molar-refractivity contribution is 5.41. The SMILES string of the molecule is COc1ccc(N=Nc2cn(C3CCCCC3)nn2)cc1. The Labute approximate surface area is 123 Å². The fraction of sp³-hybridized carbons (Fsp3) is 0.467. The molecule has 2 aromatic rings. The molecule has 0 bridgehead atoms. The van der Waals surface area contributed by atoms with Crippen LogP contribution in [0.1, 0.15) is 38.1 Å². The molecule has 0 N–H and O–H groups in total. The molecule has 21 heavy (non-hydrogen) atoms. The van der Waals surface area contributed by atoms with Crippen LogP contribution in [-0.4, -0.2) is 22.1 Å². The standard InChI is InChI=1S/C15H19N5O/c1-21-14-9-7-12(8-10-14)16-17-15-11-20(19-18-15)13-5-3-2-4-6-13/h7-11,13H,2-6H2,1H3. The summed E-state index contributed by atoms with van der Waals surface area (Å²) in [6.07, 6.45) is 8.11. The lowest BCUT2D eigenvalue weighted by atomic mass is 9.96. The number of hydrogen-bond acceptors (Lipinski definition) is 5. The summed E-state index contributed by atoms with van der Waals surface area (Å²) in [5.74, 6) is 1.36. The minimum Gasteiger partial charge on any atom is -0.497 e. The molecular weight excluding hydrogens is 266 g/mol. The summed E-state index contributed by atoms with van der Waals surface area (Å²) in [5, 5.41) is 16.5. The van der Waals surface area contributed by atoms with Gasteiger partial charge in [0.25, 0.3) is 0 Å². The Kier molecular flexibility index (Phi) is 4.23. The predicted octanol–water partition coefficient (Wildman–Crippen LogP) is 4.21. The Bertz CT molecular complexity index is 599. The minimum absolute atomic E-state index is 0.469. The van der Waals surface area contributed by atoms with Crippen LogP contribution in [0.4, 0.5) is 11.5 Å². The maximum absolute atomic E-state index is 5.10. The van der Waals surface area contributed by atoms with Crippen molar-refractivity contribution in [1.82, 2.24) is 15.0 Å². The molecule has 1 fully saturated rings. The van der Waals surface area contributed by atoms with Gasteiger partial charge in [0.1, 0.15) is 5.75 Å². The summed E-state index contributed by atoms with van der Waals surface area (Å²) >= 11 is 0. The van der Waals surface area contributed by atoms with Gasteiger partial charge in [-0.05, 0) is 37.1 Å². The summed E-state index contributed by atoms with van der Waals surface area (Å²) in [4.78, 5) is 0. The van der Waals surface area contributed by atoms with E-state index in [1.54, 1.807) is 7.11 Å². The van der Waals surface area contributed by atoms with Crippen molar-refractivity contribution in [2.75, 3.05) is 7.11 Å². The molecule has 1 saturated carbocycles. The van der Waals surface area contributed by atoms with E-state index in [0.29, 0.717) is 11.9 Å². The molecule has 0 spiro atoms. The Morgan fingerprint density at radius 3 is 2.57 bits per heavy atom. The van der Waals surface area contributed by atoms with Crippen LogP contribution in [0, 0.1) is 0 Å². The molecule has 0 atom stereocenters. The van der Waals surface area contributed by atoms with Crippen molar-refractivity contribution < 1.29 is 4.74 Å². The van der Waals surface area contributed by atoms with E-state index in [2.05, 4.69) is 20.5 Å². The lowest BCUT2D eigenvalue weighted by Crippen LogP contribution is -2.13. The van der Waals surface area contributed by atoms with Crippen molar-refractivity contribution in [3.8, 4) is 5.75 Å². The van der Waals surface area contributed by atoms with Crippen molar-refractivity contribution >= 4 is 11.5 Å². The van der Waals surface area contributed by atoms with Crippen LogP contribution in [0.25, 0.3) is 0 Å². The van der Waals surface area contributed by atoms with E-state index >= 15 is 0 Å². The molecule has 110 valence electrons. The number of benzene rings is 1. The Balaban J connectivity index is 1.66. The Morgan fingerprint density at radius 1 is 1.10 bits per heavy atom. The van der Waals surface area contributed by atoms with Gasteiger partial charge < -0.3 is 4.74 Å². The van der Waals surface area contributed by atoms with E-state index in [1.807, 2.05) is 35.1 Å². The maximum Gasteiger partial charge on any atom is 0.215 e. The number of methoxy groups -OCH3 is 1. The average Bonchev–Trinajstić information content (AvgIpc) is 3.03. The summed E-state index contributed by atoms with van der Waals surface area (Å²) in [5.41, 5.74) is 0.767. The largest absolute Gasteiger partial charge is 0.497 e. The highest BCUT2D eigenvalue weighted by Crippen LogP contribution is 2.28. The highest BCUT2D eigenvalue weighted by Gasteiger charge is 2.16. The molecule has 1 aromatic carbocycles. The van der Waals surface area contributed by atoms with Gasteiger partial charge in [-0.15, -0.1) is 15.3 Å². The zero-order valence-electron chi connectivity index (χ0n) is 12.1. The van der Waals surface area contributed by atoms with Gasteiger partial charge in [-0.2, -0.15) is 0 Å².